The molecule has 2 N–H and O–H groups in total. The van der Waals surface area contributed by atoms with E-state index in [2.05, 4.69) is 24.1 Å². The predicted molar refractivity (Wildman–Crippen MR) is 80.4 cm³/mol. The van der Waals surface area contributed by atoms with E-state index in [4.69, 9.17) is 0 Å². The first-order valence-corrected chi connectivity index (χ1v) is 8.24. The monoisotopic (exact) mass is 282 g/mol. The molecule has 0 aromatic heterocycles. The third kappa shape index (κ3) is 4.19. The van der Waals surface area contributed by atoms with E-state index >= 15 is 0 Å². The van der Waals surface area contributed by atoms with Gasteiger partial charge in [0.2, 0.25) is 5.91 Å². The molecule has 1 amide bonds. The summed E-state index contributed by atoms with van der Waals surface area (Å²) in [5.74, 6) is 1.43. The minimum absolute atomic E-state index is 0.136. The Kier molecular flexibility index (Phi) is 5.85. The molecular formula is C16H30N2O2. The Balaban J connectivity index is 1.78. The molecule has 0 radical (unpaired) electrons. The minimum Gasteiger partial charge on any atom is -0.395 e. The zero-order valence-electron chi connectivity index (χ0n) is 13.0. The number of carbonyl (C=O) groups excluding carboxylic acids is 1. The molecule has 4 heteroatoms. The molecule has 2 rings (SSSR count). The SMILES string of the molecule is CC1CCC(NC(=O)CN2CCCC(C)C2CO)CC1. The second-order valence-corrected chi connectivity index (χ2v) is 6.86. The summed E-state index contributed by atoms with van der Waals surface area (Å²) in [6.07, 6.45) is 6.98. The van der Waals surface area contributed by atoms with Crippen LogP contribution in [0, 0.1) is 11.8 Å². The highest BCUT2D eigenvalue weighted by Crippen LogP contribution is 2.24. The maximum atomic E-state index is 12.2. The third-order valence-electron chi connectivity index (χ3n) is 5.15. The van der Waals surface area contributed by atoms with Crippen molar-refractivity contribution in [3.05, 3.63) is 0 Å². The van der Waals surface area contributed by atoms with Crippen LogP contribution in [0.5, 0.6) is 0 Å². The number of piperidine rings is 1. The summed E-state index contributed by atoms with van der Waals surface area (Å²) in [4.78, 5) is 14.4. The first-order chi connectivity index (χ1) is 9.60. The lowest BCUT2D eigenvalue weighted by molar-refractivity contribution is -0.124. The Hall–Kier alpha value is -0.610. The van der Waals surface area contributed by atoms with Crippen LogP contribution in [0.4, 0.5) is 0 Å². The van der Waals surface area contributed by atoms with Crippen LogP contribution >= 0.6 is 0 Å². The highest BCUT2D eigenvalue weighted by molar-refractivity contribution is 5.78. The molecule has 2 atom stereocenters. The van der Waals surface area contributed by atoms with Gasteiger partial charge in [-0.25, -0.2) is 0 Å². The smallest absolute Gasteiger partial charge is 0.234 e. The van der Waals surface area contributed by atoms with E-state index in [1.54, 1.807) is 0 Å². The molecule has 0 spiro atoms. The molecule has 1 saturated heterocycles. The van der Waals surface area contributed by atoms with E-state index in [-0.39, 0.29) is 18.6 Å². The Morgan fingerprint density at radius 1 is 1.20 bits per heavy atom. The Morgan fingerprint density at radius 2 is 1.90 bits per heavy atom. The highest BCUT2D eigenvalue weighted by Gasteiger charge is 2.29. The van der Waals surface area contributed by atoms with Gasteiger partial charge in [-0.2, -0.15) is 0 Å². The molecule has 0 bridgehead atoms. The number of aliphatic hydroxyl groups is 1. The van der Waals surface area contributed by atoms with Gasteiger partial charge in [-0.15, -0.1) is 0 Å². The molecule has 2 unspecified atom stereocenters. The zero-order valence-corrected chi connectivity index (χ0v) is 13.0. The van der Waals surface area contributed by atoms with Gasteiger partial charge in [-0.3, -0.25) is 9.69 Å². The molecule has 0 aromatic rings. The van der Waals surface area contributed by atoms with Gasteiger partial charge in [-0.1, -0.05) is 13.8 Å². The lowest BCUT2D eigenvalue weighted by Crippen LogP contribution is -2.51. The van der Waals surface area contributed by atoms with Crippen molar-refractivity contribution in [1.82, 2.24) is 10.2 Å². The lowest BCUT2D eigenvalue weighted by atomic mass is 9.87. The first kappa shape index (κ1) is 15.8. The van der Waals surface area contributed by atoms with Crippen LogP contribution < -0.4 is 5.32 Å². The molecule has 0 aromatic carbocycles. The number of rotatable bonds is 4. The second-order valence-electron chi connectivity index (χ2n) is 6.86. The van der Waals surface area contributed by atoms with Crippen LogP contribution in [0.25, 0.3) is 0 Å². The van der Waals surface area contributed by atoms with Gasteiger partial charge in [0.1, 0.15) is 0 Å². The number of nitrogens with one attached hydrogen (secondary N) is 1. The fourth-order valence-corrected chi connectivity index (χ4v) is 3.69. The first-order valence-electron chi connectivity index (χ1n) is 8.24. The van der Waals surface area contributed by atoms with Gasteiger partial charge >= 0.3 is 0 Å². The van der Waals surface area contributed by atoms with Crippen molar-refractivity contribution in [3.8, 4) is 0 Å². The van der Waals surface area contributed by atoms with Crippen molar-refractivity contribution < 1.29 is 9.90 Å². The fourth-order valence-electron chi connectivity index (χ4n) is 3.69. The highest BCUT2D eigenvalue weighted by atomic mass is 16.3. The molecule has 116 valence electrons. The lowest BCUT2D eigenvalue weighted by Gasteiger charge is -2.39. The van der Waals surface area contributed by atoms with Gasteiger partial charge in [-0.05, 0) is 56.9 Å². The van der Waals surface area contributed by atoms with Crippen molar-refractivity contribution in [2.45, 2.75) is 64.5 Å². The molecule has 1 aliphatic carbocycles. The van der Waals surface area contributed by atoms with Gasteiger partial charge < -0.3 is 10.4 Å². The Labute approximate surface area is 122 Å². The van der Waals surface area contributed by atoms with Gasteiger partial charge in [0.05, 0.1) is 13.2 Å². The van der Waals surface area contributed by atoms with Crippen LogP contribution in [0.1, 0.15) is 52.4 Å². The van der Waals surface area contributed by atoms with Crippen LogP contribution in [0.3, 0.4) is 0 Å². The largest absolute Gasteiger partial charge is 0.395 e. The van der Waals surface area contributed by atoms with Crippen molar-refractivity contribution in [2.24, 2.45) is 11.8 Å². The van der Waals surface area contributed by atoms with Crippen molar-refractivity contribution in [3.63, 3.8) is 0 Å². The Bertz CT molecular complexity index is 314. The molecule has 20 heavy (non-hydrogen) atoms. The van der Waals surface area contributed by atoms with Crippen molar-refractivity contribution >= 4 is 5.91 Å². The zero-order chi connectivity index (χ0) is 14.5. The number of nitrogens with zero attached hydrogens (tertiary/aromatic N) is 1. The van der Waals surface area contributed by atoms with E-state index < -0.39 is 0 Å². The maximum absolute atomic E-state index is 12.2. The van der Waals surface area contributed by atoms with Gasteiger partial charge in [0.25, 0.3) is 0 Å². The molecule has 1 aliphatic heterocycles. The summed E-state index contributed by atoms with van der Waals surface area (Å²) in [7, 11) is 0. The summed E-state index contributed by atoms with van der Waals surface area (Å²) in [6, 6.07) is 0.523. The van der Waals surface area contributed by atoms with Crippen LogP contribution in [0.2, 0.25) is 0 Å². The molecule has 4 nitrogen and oxygen atoms in total. The Morgan fingerprint density at radius 3 is 2.55 bits per heavy atom. The van der Waals surface area contributed by atoms with E-state index in [1.807, 2.05) is 0 Å². The standard InChI is InChI=1S/C16H30N2O2/c1-12-5-7-14(8-6-12)17-16(20)10-18-9-3-4-13(2)15(18)11-19/h12-15,19H,3-11H2,1-2H3,(H,17,20). The average Bonchev–Trinajstić information content (AvgIpc) is 2.42. The number of hydrogen-bond acceptors (Lipinski definition) is 3. The van der Waals surface area contributed by atoms with Crippen LogP contribution in [0.15, 0.2) is 0 Å². The maximum Gasteiger partial charge on any atom is 0.234 e. The molecule has 1 heterocycles. The van der Waals surface area contributed by atoms with E-state index in [0.29, 0.717) is 18.5 Å². The second kappa shape index (κ2) is 7.41. The summed E-state index contributed by atoms with van der Waals surface area (Å²) >= 11 is 0. The third-order valence-corrected chi connectivity index (χ3v) is 5.15. The van der Waals surface area contributed by atoms with Gasteiger partial charge in [0, 0.05) is 12.1 Å². The average molecular weight is 282 g/mol. The number of aliphatic hydroxyl groups excluding tert-OH is 1. The number of hydrogen-bond donors (Lipinski definition) is 2. The number of likely N-dealkylation sites (tertiary alicyclic amines) is 1. The number of carbonyl (C=O) groups is 1. The summed E-state index contributed by atoms with van der Waals surface area (Å²) in [6.45, 7) is 6.01. The van der Waals surface area contributed by atoms with E-state index in [1.165, 1.54) is 12.8 Å². The van der Waals surface area contributed by atoms with E-state index in [9.17, 15) is 9.90 Å². The predicted octanol–water partition coefficient (Wildman–Crippen LogP) is 1.77. The minimum atomic E-state index is 0.136. The van der Waals surface area contributed by atoms with E-state index in [0.717, 1.165) is 38.1 Å². The van der Waals surface area contributed by atoms with Crippen LogP contribution in [-0.2, 0) is 4.79 Å². The summed E-state index contributed by atoms with van der Waals surface area (Å²) in [5, 5.41) is 12.7. The quantitative estimate of drug-likeness (QED) is 0.826. The molecule has 2 aliphatic rings. The van der Waals surface area contributed by atoms with Crippen molar-refractivity contribution in [1.29, 1.82) is 0 Å². The van der Waals surface area contributed by atoms with Crippen LogP contribution in [-0.4, -0.2) is 47.7 Å². The number of amides is 1. The summed E-state index contributed by atoms with van der Waals surface area (Å²) < 4.78 is 0. The molecule has 1 saturated carbocycles. The fraction of sp³-hybridized carbons (Fsp3) is 0.938. The van der Waals surface area contributed by atoms with Gasteiger partial charge in [0.15, 0.2) is 0 Å². The van der Waals surface area contributed by atoms with Crippen molar-refractivity contribution in [2.75, 3.05) is 19.7 Å². The normalized spacial score (nSPS) is 35.8. The summed E-state index contributed by atoms with van der Waals surface area (Å²) in [5.41, 5.74) is 0. The topological polar surface area (TPSA) is 52.6 Å². The molecular weight excluding hydrogens is 252 g/mol. The molecule has 2 fully saturated rings.